The summed E-state index contributed by atoms with van der Waals surface area (Å²) in [6.07, 6.45) is 2.09. The number of hydrogen-bond acceptors (Lipinski definition) is 5. The number of para-hydroxylation sites is 1. The van der Waals surface area contributed by atoms with Crippen LogP contribution in [0.3, 0.4) is 0 Å². The van der Waals surface area contributed by atoms with Crippen LogP contribution in [0.2, 0.25) is 0 Å². The molecular formula is C22H30N4O3. The van der Waals surface area contributed by atoms with Crippen LogP contribution >= 0.6 is 0 Å². The van der Waals surface area contributed by atoms with Gasteiger partial charge in [-0.1, -0.05) is 12.1 Å². The lowest BCUT2D eigenvalue weighted by molar-refractivity contribution is -0.117. The van der Waals surface area contributed by atoms with Crippen molar-refractivity contribution >= 4 is 17.6 Å². The lowest BCUT2D eigenvalue weighted by Crippen LogP contribution is -2.40. The van der Waals surface area contributed by atoms with Gasteiger partial charge in [-0.15, -0.1) is 0 Å². The van der Waals surface area contributed by atoms with Gasteiger partial charge in [0.25, 0.3) is 0 Å². The lowest BCUT2D eigenvalue weighted by atomic mass is 9.97. The standard InChI is InChI=1S/C22H30N4O3/c1-4-29-22(28)19-7-5-6-8-20(19)23-21(27)15-25-11-9-18(10-12-25)14-26-17(3)13-16(2)24-26/h5-8,13,18H,4,9-12,14-15H2,1-3H3,(H,23,27). The molecule has 0 unspecified atom stereocenters. The fourth-order valence-corrected chi connectivity index (χ4v) is 3.80. The van der Waals surface area contributed by atoms with E-state index in [1.165, 1.54) is 5.69 Å². The van der Waals surface area contributed by atoms with Crippen LogP contribution in [0.5, 0.6) is 0 Å². The largest absolute Gasteiger partial charge is 0.462 e. The van der Waals surface area contributed by atoms with Gasteiger partial charge < -0.3 is 10.1 Å². The molecule has 0 aliphatic carbocycles. The van der Waals surface area contributed by atoms with Crippen molar-refractivity contribution < 1.29 is 14.3 Å². The van der Waals surface area contributed by atoms with Gasteiger partial charge in [-0.25, -0.2) is 4.79 Å². The number of anilines is 1. The number of rotatable bonds is 7. The molecule has 1 saturated heterocycles. The average Bonchev–Trinajstić information content (AvgIpc) is 3.00. The molecule has 0 saturated carbocycles. The summed E-state index contributed by atoms with van der Waals surface area (Å²) in [6, 6.07) is 9.05. The van der Waals surface area contributed by atoms with Gasteiger partial charge in [-0.3, -0.25) is 14.4 Å². The Morgan fingerprint density at radius 1 is 1.21 bits per heavy atom. The summed E-state index contributed by atoms with van der Waals surface area (Å²) in [5.41, 5.74) is 3.13. The molecule has 0 radical (unpaired) electrons. The minimum atomic E-state index is -0.423. The Labute approximate surface area is 172 Å². The number of ether oxygens (including phenoxy) is 1. The summed E-state index contributed by atoms with van der Waals surface area (Å²) < 4.78 is 7.15. The molecule has 1 amide bonds. The van der Waals surface area contributed by atoms with E-state index in [0.29, 0.717) is 30.3 Å². The highest BCUT2D eigenvalue weighted by Crippen LogP contribution is 2.21. The van der Waals surface area contributed by atoms with Crippen molar-refractivity contribution in [3.8, 4) is 0 Å². The van der Waals surface area contributed by atoms with E-state index in [9.17, 15) is 9.59 Å². The molecule has 2 aromatic rings. The van der Waals surface area contributed by atoms with E-state index >= 15 is 0 Å². The van der Waals surface area contributed by atoms with E-state index in [2.05, 4.69) is 33.0 Å². The maximum Gasteiger partial charge on any atom is 0.340 e. The number of benzene rings is 1. The molecule has 29 heavy (non-hydrogen) atoms. The average molecular weight is 399 g/mol. The Bertz CT molecular complexity index is 853. The molecule has 3 rings (SSSR count). The predicted molar refractivity (Wildman–Crippen MR) is 112 cm³/mol. The van der Waals surface area contributed by atoms with Crippen LogP contribution in [0, 0.1) is 19.8 Å². The van der Waals surface area contributed by atoms with Crippen LogP contribution in [0.25, 0.3) is 0 Å². The van der Waals surface area contributed by atoms with E-state index in [1.54, 1.807) is 31.2 Å². The molecule has 0 atom stereocenters. The molecule has 1 N–H and O–H groups in total. The number of carbonyl (C=O) groups excluding carboxylic acids is 2. The zero-order valence-electron chi connectivity index (χ0n) is 17.5. The van der Waals surface area contributed by atoms with Gasteiger partial charge in [0, 0.05) is 12.2 Å². The van der Waals surface area contributed by atoms with Crippen molar-refractivity contribution in [2.24, 2.45) is 5.92 Å². The molecule has 156 valence electrons. The fraction of sp³-hybridized carbons (Fsp3) is 0.500. The van der Waals surface area contributed by atoms with Crippen molar-refractivity contribution in [3.05, 3.63) is 47.3 Å². The van der Waals surface area contributed by atoms with Crippen molar-refractivity contribution in [3.63, 3.8) is 0 Å². The second-order valence-electron chi connectivity index (χ2n) is 7.64. The number of amides is 1. The molecule has 1 aliphatic rings. The van der Waals surface area contributed by atoms with Crippen LogP contribution in [0.4, 0.5) is 5.69 Å². The maximum atomic E-state index is 12.5. The number of nitrogens with zero attached hydrogens (tertiary/aromatic N) is 3. The van der Waals surface area contributed by atoms with Gasteiger partial charge in [0.2, 0.25) is 5.91 Å². The number of hydrogen-bond donors (Lipinski definition) is 1. The van der Waals surface area contributed by atoms with Crippen LogP contribution < -0.4 is 5.32 Å². The van der Waals surface area contributed by atoms with E-state index in [1.807, 2.05) is 6.92 Å². The summed E-state index contributed by atoms with van der Waals surface area (Å²) in [5, 5.41) is 7.42. The quantitative estimate of drug-likeness (QED) is 0.726. The summed E-state index contributed by atoms with van der Waals surface area (Å²) in [6.45, 7) is 9.20. The Morgan fingerprint density at radius 2 is 1.93 bits per heavy atom. The second kappa shape index (κ2) is 9.69. The fourth-order valence-electron chi connectivity index (χ4n) is 3.80. The molecule has 0 bridgehead atoms. The molecular weight excluding hydrogens is 368 g/mol. The lowest BCUT2D eigenvalue weighted by Gasteiger charge is -2.31. The number of piperidine rings is 1. The highest BCUT2D eigenvalue weighted by atomic mass is 16.5. The SMILES string of the molecule is CCOC(=O)c1ccccc1NC(=O)CN1CCC(Cn2nc(C)cc2C)CC1. The summed E-state index contributed by atoms with van der Waals surface area (Å²) in [4.78, 5) is 26.7. The van der Waals surface area contributed by atoms with Gasteiger partial charge >= 0.3 is 5.97 Å². The van der Waals surface area contributed by atoms with E-state index in [-0.39, 0.29) is 5.91 Å². The molecule has 7 nitrogen and oxygen atoms in total. The zero-order valence-corrected chi connectivity index (χ0v) is 17.5. The number of nitrogens with one attached hydrogen (secondary N) is 1. The Hall–Kier alpha value is -2.67. The molecule has 0 spiro atoms. The molecule has 1 fully saturated rings. The first-order valence-corrected chi connectivity index (χ1v) is 10.3. The highest BCUT2D eigenvalue weighted by molar-refractivity contribution is 6.01. The van der Waals surface area contributed by atoms with Crippen molar-refractivity contribution in [1.82, 2.24) is 14.7 Å². The monoisotopic (exact) mass is 398 g/mol. The summed E-state index contributed by atoms with van der Waals surface area (Å²) >= 11 is 0. The van der Waals surface area contributed by atoms with Gasteiger partial charge in [0.05, 0.1) is 30.1 Å². The van der Waals surface area contributed by atoms with Crippen LogP contribution in [-0.2, 0) is 16.1 Å². The van der Waals surface area contributed by atoms with Gasteiger partial charge in [0.15, 0.2) is 0 Å². The Balaban J connectivity index is 1.49. The molecule has 7 heteroatoms. The third-order valence-corrected chi connectivity index (χ3v) is 5.31. The number of aromatic nitrogens is 2. The topological polar surface area (TPSA) is 76.5 Å². The Morgan fingerprint density at radius 3 is 2.59 bits per heavy atom. The second-order valence-corrected chi connectivity index (χ2v) is 7.64. The zero-order chi connectivity index (χ0) is 20.8. The number of likely N-dealkylation sites (tertiary alicyclic amines) is 1. The van der Waals surface area contributed by atoms with Gasteiger partial charge in [-0.2, -0.15) is 5.10 Å². The van der Waals surface area contributed by atoms with Crippen LogP contribution in [-0.4, -0.2) is 52.8 Å². The van der Waals surface area contributed by atoms with Crippen LogP contribution in [0.15, 0.2) is 30.3 Å². The highest BCUT2D eigenvalue weighted by Gasteiger charge is 2.22. The minimum Gasteiger partial charge on any atom is -0.462 e. The normalized spacial score (nSPS) is 15.3. The van der Waals surface area contributed by atoms with Gasteiger partial charge in [0.1, 0.15) is 0 Å². The number of aryl methyl sites for hydroxylation is 2. The van der Waals surface area contributed by atoms with Crippen LogP contribution in [0.1, 0.15) is 41.5 Å². The molecule has 1 aliphatic heterocycles. The third-order valence-electron chi connectivity index (χ3n) is 5.31. The Kier molecular flexibility index (Phi) is 7.04. The first kappa shape index (κ1) is 21.0. The van der Waals surface area contributed by atoms with Crippen molar-refractivity contribution in [1.29, 1.82) is 0 Å². The van der Waals surface area contributed by atoms with Crippen molar-refractivity contribution in [2.75, 3.05) is 31.6 Å². The first-order chi connectivity index (χ1) is 14.0. The summed E-state index contributed by atoms with van der Waals surface area (Å²) in [7, 11) is 0. The molecule has 1 aromatic heterocycles. The first-order valence-electron chi connectivity index (χ1n) is 10.3. The van der Waals surface area contributed by atoms with E-state index < -0.39 is 5.97 Å². The summed E-state index contributed by atoms with van der Waals surface area (Å²) in [5.74, 6) is 0.0453. The maximum absolute atomic E-state index is 12.5. The molecule has 1 aromatic carbocycles. The van der Waals surface area contributed by atoms with Gasteiger partial charge in [-0.05, 0) is 70.8 Å². The minimum absolute atomic E-state index is 0.112. The molecule has 2 heterocycles. The number of esters is 1. The smallest absolute Gasteiger partial charge is 0.340 e. The predicted octanol–water partition coefficient (Wildman–Crippen LogP) is 3.03. The number of carbonyl (C=O) groups is 2. The third kappa shape index (κ3) is 5.67. The van der Waals surface area contributed by atoms with E-state index in [4.69, 9.17) is 4.74 Å². The van der Waals surface area contributed by atoms with E-state index in [0.717, 1.165) is 38.2 Å². The van der Waals surface area contributed by atoms with Crippen molar-refractivity contribution in [2.45, 2.75) is 40.2 Å².